The minimum atomic E-state index is -2.84. The summed E-state index contributed by atoms with van der Waals surface area (Å²) in [7, 11) is 1.48. The first-order chi connectivity index (χ1) is 16.6. The van der Waals surface area contributed by atoms with E-state index in [1.165, 1.54) is 35.2 Å². The number of hydrogen-bond donors (Lipinski definition) is 2. The number of halogens is 2. The molecule has 2 amide bonds. The number of pyridine rings is 1. The molecule has 35 heavy (non-hydrogen) atoms. The van der Waals surface area contributed by atoms with Crippen LogP contribution in [0, 0.1) is 6.92 Å². The third kappa shape index (κ3) is 4.64. The lowest BCUT2D eigenvalue weighted by Crippen LogP contribution is -2.17. The minimum absolute atomic E-state index is 0.0419. The standard InChI is InChI=1S/C22H19F2N5O4S2/c1-4-33-22(32)13-8-12(28-29(13)3)20(31)27-16-15-10(14-6-5-9(2)34-14)7-11(18(23)24)26-21(15)35-17(16)19(25)30/h5-8,18H,4H2,1-3H3,(H2,25,30)(H,27,31). The van der Waals surface area contributed by atoms with Gasteiger partial charge in [0.05, 0.1) is 12.3 Å². The van der Waals surface area contributed by atoms with E-state index in [0.717, 1.165) is 16.2 Å². The van der Waals surface area contributed by atoms with Gasteiger partial charge in [-0.25, -0.2) is 18.6 Å². The highest BCUT2D eigenvalue weighted by molar-refractivity contribution is 7.21. The van der Waals surface area contributed by atoms with E-state index >= 15 is 0 Å². The van der Waals surface area contributed by atoms with Crippen molar-refractivity contribution >= 4 is 56.4 Å². The van der Waals surface area contributed by atoms with Crippen LogP contribution in [-0.2, 0) is 11.8 Å². The maximum absolute atomic E-state index is 13.6. The van der Waals surface area contributed by atoms with Crippen LogP contribution < -0.4 is 11.1 Å². The fourth-order valence-corrected chi connectivity index (χ4v) is 5.35. The van der Waals surface area contributed by atoms with Crippen molar-refractivity contribution < 1.29 is 27.9 Å². The van der Waals surface area contributed by atoms with Crippen molar-refractivity contribution in [1.82, 2.24) is 14.8 Å². The second kappa shape index (κ2) is 9.50. The van der Waals surface area contributed by atoms with Gasteiger partial charge in [0.15, 0.2) is 5.69 Å². The Morgan fingerprint density at radius 2 is 1.97 bits per heavy atom. The van der Waals surface area contributed by atoms with Gasteiger partial charge >= 0.3 is 5.97 Å². The summed E-state index contributed by atoms with van der Waals surface area (Å²) >= 11 is 2.17. The maximum atomic E-state index is 13.6. The monoisotopic (exact) mass is 519 g/mol. The molecule has 0 radical (unpaired) electrons. The number of nitrogens with two attached hydrogens (primary N) is 1. The summed E-state index contributed by atoms with van der Waals surface area (Å²) in [6.07, 6.45) is -2.84. The molecule has 0 unspecified atom stereocenters. The topological polar surface area (TPSA) is 129 Å². The molecule has 0 saturated heterocycles. The SMILES string of the molecule is CCOC(=O)c1cc(C(=O)Nc2c(C(N)=O)sc3nc(C(F)F)cc(-c4ccc(C)s4)c23)nn1C. The number of aromatic nitrogens is 3. The molecule has 0 bridgehead atoms. The van der Waals surface area contributed by atoms with E-state index in [2.05, 4.69) is 15.4 Å². The van der Waals surface area contributed by atoms with Crippen LogP contribution in [0.1, 0.15) is 54.6 Å². The summed E-state index contributed by atoms with van der Waals surface area (Å²) < 4.78 is 33.3. The first kappa shape index (κ1) is 24.4. The molecular weight excluding hydrogens is 500 g/mol. The van der Waals surface area contributed by atoms with Crippen molar-refractivity contribution in [2.24, 2.45) is 12.8 Å². The van der Waals surface area contributed by atoms with Gasteiger partial charge in [-0.05, 0) is 32.0 Å². The Hall–Kier alpha value is -3.71. The van der Waals surface area contributed by atoms with Gasteiger partial charge in [-0.15, -0.1) is 22.7 Å². The summed E-state index contributed by atoms with van der Waals surface area (Å²) in [5.41, 5.74) is 5.46. The predicted molar refractivity (Wildman–Crippen MR) is 128 cm³/mol. The first-order valence-corrected chi connectivity index (χ1v) is 11.9. The number of amides is 2. The van der Waals surface area contributed by atoms with E-state index in [0.29, 0.717) is 15.8 Å². The number of nitrogens with zero attached hydrogens (tertiary/aromatic N) is 3. The third-order valence-electron chi connectivity index (χ3n) is 4.97. The van der Waals surface area contributed by atoms with E-state index in [9.17, 15) is 23.2 Å². The normalized spacial score (nSPS) is 11.3. The molecule has 182 valence electrons. The summed E-state index contributed by atoms with van der Waals surface area (Å²) in [6, 6.07) is 6.09. The van der Waals surface area contributed by atoms with Gasteiger partial charge in [-0.1, -0.05) is 0 Å². The average Bonchev–Trinajstić information content (AvgIpc) is 3.50. The lowest BCUT2D eigenvalue weighted by molar-refractivity contribution is 0.0513. The van der Waals surface area contributed by atoms with Crippen LogP contribution in [0.2, 0.25) is 0 Å². The van der Waals surface area contributed by atoms with Gasteiger partial charge in [-0.3, -0.25) is 14.3 Å². The van der Waals surface area contributed by atoms with Gasteiger partial charge in [-0.2, -0.15) is 5.10 Å². The predicted octanol–water partition coefficient (Wildman–Crippen LogP) is 4.53. The van der Waals surface area contributed by atoms with Crippen LogP contribution >= 0.6 is 22.7 Å². The van der Waals surface area contributed by atoms with Crippen LogP contribution in [0.4, 0.5) is 14.5 Å². The molecule has 0 fully saturated rings. The summed E-state index contributed by atoms with van der Waals surface area (Å²) in [5.74, 6) is -2.24. The highest BCUT2D eigenvalue weighted by Crippen LogP contribution is 2.44. The Balaban J connectivity index is 1.86. The first-order valence-electron chi connectivity index (χ1n) is 10.2. The molecule has 4 aromatic heterocycles. The molecule has 4 heterocycles. The van der Waals surface area contributed by atoms with Crippen molar-refractivity contribution in [2.75, 3.05) is 11.9 Å². The molecule has 4 aromatic rings. The Labute approximate surface area is 205 Å². The fraction of sp³-hybridized carbons (Fsp3) is 0.227. The van der Waals surface area contributed by atoms with E-state index in [4.69, 9.17) is 10.5 Å². The number of alkyl halides is 2. The number of anilines is 1. The van der Waals surface area contributed by atoms with Gasteiger partial charge in [0, 0.05) is 33.8 Å². The fourth-order valence-electron chi connectivity index (χ4n) is 3.45. The van der Waals surface area contributed by atoms with E-state index in [-0.39, 0.29) is 33.4 Å². The summed E-state index contributed by atoms with van der Waals surface area (Å²) in [5, 5.41) is 6.99. The Morgan fingerprint density at radius 3 is 2.57 bits per heavy atom. The van der Waals surface area contributed by atoms with Crippen LogP contribution in [0.3, 0.4) is 0 Å². The molecule has 0 aromatic carbocycles. The van der Waals surface area contributed by atoms with E-state index in [1.54, 1.807) is 13.0 Å². The van der Waals surface area contributed by atoms with Gasteiger partial charge in [0.1, 0.15) is 21.1 Å². The zero-order chi connectivity index (χ0) is 25.4. The zero-order valence-electron chi connectivity index (χ0n) is 18.7. The number of hydrogen-bond acceptors (Lipinski definition) is 8. The average molecular weight is 520 g/mol. The van der Waals surface area contributed by atoms with Gasteiger partial charge < -0.3 is 15.8 Å². The quantitative estimate of drug-likeness (QED) is 0.345. The number of esters is 1. The molecule has 9 nitrogen and oxygen atoms in total. The number of carbonyl (C=O) groups excluding carboxylic acids is 3. The zero-order valence-corrected chi connectivity index (χ0v) is 20.4. The molecular formula is C22H19F2N5O4S2. The molecule has 0 saturated carbocycles. The lowest BCUT2D eigenvalue weighted by atomic mass is 10.1. The van der Waals surface area contributed by atoms with Gasteiger partial charge in [0.25, 0.3) is 18.2 Å². The largest absolute Gasteiger partial charge is 0.461 e. The Morgan fingerprint density at radius 1 is 1.23 bits per heavy atom. The number of nitrogens with one attached hydrogen (secondary N) is 1. The van der Waals surface area contributed by atoms with Crippen molar-refractivity contribution in [1.29, 1.82) is 0 Å². The highest BCUT2D eigenvalue weighted by Gasteiger charge is 2.27. The van der Waals surface area contributed by atoms with Crippen LogP contribution in [0.25, 0.3) is 20.7 Å². The molecule has 0 atom stereocenters. The molecule has 0 spiro atoms. The maximum Gasteiger partial charge on any atom is 0.356 e. The molecule has 0 aliphatic rings. The number of primary amides is 1. The third-order valence-corrected chi connectivity index (χ3v) is 7.10. The van der Waals surface area contributed by atoms with Crippen LogP contribution in [0.15, 0.2) is 24.3 Å². The van der Waals surface area contributed by atoms with E-state index < -0.39 is 29.9 Å². The smallest absolute Gasteiger partial charge is 0.356 e. The van der Waals surface area contributed by atoms with E-state index in [1.807, 2.05) is 13.0 Å². The number of thiophene rings is 2. The summed E-state index contributed by atoms with van der Waals surface area (Å²) in [4.78, 5) is 43.1. The number of fused-ring (bicyclic) bond motifs is 1. The van der Waals surface area contributed by atoms with Crippen LogP contribution in [-0.4, -0.2) is 39.2 Å². The number of rotatable bonds is 7. The number of carbonyl (C=O) groups is 3. The highest BCUT2D eigenvalue weighted by atomic mass is 32.1. The molecule has 4 rings (SSSR count). The van der Waals surface area contributed by atoms with Crippen molar-refractivity contribution in [3.63, 3.8) is 0 Å². The second-order valence-corrected chi connectivity index (χ2v) is 9.66. The minimum Gasteiger partial charge on any atom is -0.461 e. The molecule has 3 N–H and O–H groups in total. The second-order valence-electron chi connectivity index (χ2n) is 7.37. The van der Waals surface area contributed by atoms with Crippen molar-refractivity contribution in [2.45, 2.75) is 20.3 Å². The van der Waals surface area contributed by atoms with Crippen LogP contribution in [0.5, 0.6) is 0 Å². The Kier molecular flexibility index (Phi) is 6.63. The molecule has 13 heteroatoms. The molecule has 0 aliphatic heterocycles. The summed E-state index contributed by atoms with van der Waals surface area (Å²) in [6.45, 7) is 3.66. The Bertz CT molecular complexity index is 1470. The number of aryl methyl sites for hydroxylation is 2. The lowest BCUT2D eigenvalue weighted by Gasteiger charge is -2.09. The van der Waals surface area contributed by atoms with Crippen molar-refractivity contribution in [3.05, 3.63) is 51.1 Å². The van der Waals surface area contributed by atoms with Crippen molar-refractivity contribution in [3.8, 4) is 10.4 Å². The molecule has 0 aliphatic carbocycles. The van der Waals surface area contributed by atoms with Gasteiger partial charge in [0.2, 0.25) is 0 Å². The number of ether oxygens (including phenoxy) is 1.